The number of nitrogens with zero attached hydrogens (tertiary/aromatic N) is 2. The van der Waals surface area contributed by atoms with E-state index in [1.54, 1.807) is 13.2 Å². The minimum atomic E-state index is -0.937. The fourth-order valence-electron chi connectivity index (χ4n) is 3.17. The topological polar surface area (TPSA) is 98.6 Å². The van der Waals surface area contributed by atoms with Gasteiger partial charge in [-0.25, -0.2) is 0 Å². The van der Waals surface area contributed by atoms with Crippen molar-refractivity contribution < 1.29 is 23.6 Å². The van der Waals surface area contributed by atoms with Crippen molar-refractivity contribution in [3.05, 3.63) is 53.9 Å². The van der Waals surface area contributed by atoms with Crippen molar-refractivity contribution in [1.82, 2.24) is 10.1 Å². The molecular weight excluding hydrogens is 372 g/mol. The van der Waals surface area contributed by atoms with Gasteiger partial charge in [-0.05, 0) is 42.5 Å². The van der Waals surface area contributed by atoms with Crippen molar-refractivity contribution in [1.29, 1.82) is 0 Å². The Kier molecular flexibility index (Phi) is 4.80. The molecular formula is C22H20N2O5. The summed E-state index contributed by atoms with van der Waals surface area (Å²) in [5, 5.41) is 14.2. The number of carboxylic acids is 1. The zero-order valence-corrected chi connectivity index (χ0v) is 16.3. The lowest BCUT2D eigenvalue weighted by molar-refractivity contribution is -0.136. The number of furan rings is 1. The number of methoxy groups -OCH3 is 1. The fraction of sp³-hybridized carbons (Fsp3) is 0.227. The van der Waals surface area contributed by atoms with E-state index >= 15 is 0 Å². The molecule has 0 saturated carbocycles. The first-order valence-electron chi connectivity index (χ1n) is 9.22. The predicted octanol–water partition coefficient (Wildman–Crippen LogP) is 4.91. The number of fused-ring (bicyclic) bond motifs is 1. The van der Waals surface area contributed by atoms with E-state index < -0.39 is 5.97 Å². The standard InChI is InChI=1S/C22H20N2O5/c1-12(2)21-23-22(29-24-21)14-6-9-18-16(10-14)17(11-19(25)26)20(28-18)13-4-7-15(27-3)8-5-13/h4-10,12H,11H2,1-3H3,(H,25,26). The third kappa shape index (κ3) is 3.59. The molecule has 0 unspecified atom stereocenters. The molecule has 2 heterocycles. The molecule has 7 heteroatoms. The molecule has 0 amide bonds. The van der Waals surface area contributed by atoms with Gasteiger partial charge in [0.05, 0.1) is 13.5 Å². The second kappa shape index (κ2) is 7.43. The molecule has 2 aromatic heterocycles. The third-order valence-corrected chi connectivity index (χ3v) is 4.68. The highest BCUT2D eigenvalue weighted by Crippen LogP contribution is 2.36. The van der Waals surface area contributed by atoms with Crippen LogP contribution >= 0.6 is 0 Å². The van der Waals surface area contributed by atoms with Gasteiger partial charge in [0.25, 0.3) is 5.89 Å². The first-order valence-corrected chi connectivity index (χ1v) is 9.22. The molecule has 2 aromatic carbocycles. The maximum atomic E-state index is 11.5. The summed E-state index contributed by atoms with van der Waals surface area (Å²) in [6, 6.07) is 12.8. The molecule has 0 spiro atoms. The van der Waals surface area contributed by atoms with Gasteiger partial charge in [0.15, 0.2) is 5.82 Å². The van der Waals surface area contributed by atoms with Crippen LogP contribution in [-0.2, 0) is 11.2 Å². The first-order chi connectivity index (χ1) is 14.0. The molecule has 0 bridgehead atoms. The molecule has 29 heavy (non-hydrogen) atoms. The number of aromatic nitrogens is 2. The lowest BCUT2D eigenvalue weighted by Crippen LogP contribution is -2.00. The van der Waals surface area contributed by atoms with E-state index in [0.717, 1.165) is 5.56 Å². The van der Waals surface area contributed by atoms with Gasteiger partial charge >= 0.3 is 5.97 Å². The monoisotopic (exact) mass is 392 g/mol. The number of carbonyl (C=O) groups is 1. The Bertz CT molecular complexity index is 1170. The number of hydrogen-bond acceptors (Lipinski definition) is 6. The van der Waals surface area contributed by atoms with Crippen molar-refractivity contribution in [2.75, 3.05) is 7.11 Å². The Morgan fingerprint density at radius 2 is 1.86 bits per heavy atom. The Labute approximate surface area is 166 Å². The summed E-state index contributed by atoms with van der Waals surface area (Å²) in [7, 11) is 1.59. The molecule has 0 saturated heterocycles. The Hall–Kier alpha value is -3.61. The van der Waals surface area contributed by atoms with Crippen LogP contribution in [0.3, 0.4) is 0 Å². The summed E-state index contributed by atoms with van der Waals surface area (Å²) in [6.45, 7) is 3.97. The van der Waals surface area contributed by atoms with Gasteiger partial charge in [-0.2, -0.15) is 4.98 Å². The van der Waals surface area contributed by atoms with Gasteiger partial charge in [-0.15, -0.1) is 0 Å². The van der Waals surface area contributed by atoms with Gasteiger partial charge in [0.1, 0.15) is 17.1 Å². The molecule has 1 N–H and O–H groups in total. The number of hydrogen-bond donors (Lipinski definition) is 1. The molecule has 7 nitrogen and oxygen atoms in total. The quantitative estimate of drug-likeness (QED) is 0.498. The van der Waals surface area contributed by atoms with Crippen LogP contribution in [0.15, 0.2) is 51.4 Å². The second-order valence-electron chi connectivity index (χ2n) is 7.03. The molecule has 0 aliphatic rings. The normalized spacial score (nSPS) is 11.3. The van der Waals surface area contributed by atoms with Gasteiger partial charge in [0, 0.05) is 28.0 Å². The first kappa shape index (κ1) is 18.7. The predicted molar refractivity (Wildman–Crippen MR) is 107 cm³/mol. The molecule has 0 aliphatic carbocycles. The second-order valence-corrected chi connectivity index (χ2v) is 7.03. The summed E-state index contributed by atoms with van der Waals surface area (Å²) in [4.78, 5) is 15.9. The highest BCUT2D eigenvalue weighted by atomic mass is 16.5. The minimum absolute atomic E-state index is 0.148. The van der Waals surface area contributed by atoms with Crippen LogP contribution in [0.25, 0.3) is 33.7 Å². The molecule has 0 aliphatic heterocycles. The van der Waals surface area contributed by atoms with Gasteiger partial charge in [-0.1, -0.05) is 19.0 Å². The van der Waals surface area contributed by atoms with Crippen molar-refractivity contribution in [2.45, 2.75) is 26.2 Å². The van der Waals surface area contributed by atoms with Gasteiger partial charge < -0.3 is 18.8 Å². The van der Waals surface area contributed by atoms with E-state index in [0.29, 0.717) is 45.3 Å². The molecule has 148 valence electrons. The lowest BCUT2D eigenvalue weighted by atomic mass is 10.0. The average Bonchev–Trinajstić information content (AvgIpc) is 3.33. The van der Waals surface area contributed by atoms with Gasteiger partial charge in [0.2, 0.25) is 0 Å². The average molecular weight is 392 g/mol. The Morgan fingerprint density at radius 3 is 2.48 bits per heavy atom. The summed E-state index contributed by atoms with van der Waals surface area (Å²) in [5.41, 5.74) is 2.69. The SMILES string of the molecule is COc1ccc(-c2oc3ccc(-c4nc(C(C)C)no4)cc3c2CC(=O)O)cc1. The number of aliphatic carboxylic acids is 1. The van der Waals surface area contributed by atoms with Crippen LogP contribution in [0.2, 0.25) is 0 Å². The zero-order valence-electron chi connectivity index (χ0n) is 16.3. The van der Waals surface area contributed by atoms with Crippen LogP contribution < -0.4 is 4.74 Å². The Morgan fingerprint density at radius 1 is 1.14 bits per heavy atom. The summed E-state index contributed by atoms with van der Waals surface area (Å²) < 4.78 is 16.6. The fourth-order valence-corrected chi connectivity index (χ4v) is 3.17. The maximum Gasteiger partial charge on any atom is 0.307 e. The molecule has 0 fully saturated rings. The number of carboxylic acid groups (broad SMARTS) is 1. The summed E-state index contributed by atoms with van der Waals surface area (Å²) in [5.74, 6) is 1.46. The smallest absolute Gasteiger partial charge is 0.307 e. The van der Waals surface area contributed by atoms with Crippen LogP contribution in [0.1, 0.15) is 31.2 Å². The van der Waals surface area contributed by atoms with E-state index in [1.807, 2.05) is 50.2 Å². The largest absolute Gasteiger partial charge is 0.497 e. The number of benzene rings is 2. The van der Waals surface area contributed by atoms with Crippen molar-refractivity contribution in [3.8, 4) is 28.5 Å². The van der Waals surface area contributed by atoms with Crippen LogP contribution in [0.4, 0.5) is 0 Å². The molecule has 4 rings (SSSR count). The van der Waals surface area contributed by atoms with E-state index in [-0.39, 0.29) is 12.3 Å². The maximum absolute atomic E-state index is 11.5. The van der Waals surface area contributed by atoms with E-state index in [2.05, 4.69) is 10.1 Å². The van der Waals surface area contributed by atoms with E-state index in [1.165, 1.54) is 0 Å². The third-order valence-electron chi connectivity index (χ3n) is 4.68. The van der Waals surface area contributed by atoms with E-state index in [4.69, 9.17) is 13.7 Å². The highest BCUT2D eigenvalue weighted by Gasteiger charge is 2.20. The lowest BCUT2D eigenvalue weighted by Gasteiger charge is -2.03. The molecule has 0 radical (unpaired) electrons. The zero-order chi connectivity index (χ0) is 20.5. The van der Waals surface area contributed by atoms with E-state index in [9.17, 15) is 9.90 Å². The van der Waals surface area contributed by atoms with Crippen LogP contribution in [0, 0.1) is 0 Å². The minimum Gasteiger partial charge on any atom is -0.497 e. The number of ether oxygens (including phenoxy) is 1. The van der Waals surface area contributed by atoms with Crippen molar-refractivity contribution in [3.63, 3.8) is 0 Å². The van der Waals surface area contributed by atoms with Crippen molar-refractivity contribution in [2.24, 2.45) is 0 Å². The summed E-state index contributed by atoms with van der Waals surface area (Å²) >= 11 is 0. The summed E-state index contributed by atoms with van der Waals surface area (Å²) in [6.07, 6.45) is -0.168. The Balaban J connectivity index is 1.84. The van der Waals surface area contributed by atoms with Crippen LogP contribution in [0.5, 0.6) is 5.75 Å². The highest BCUT2D eigenvalue weighted by molar-refractivity contribution is 5.93. The molecule has 0 atom stereocenters. The number of rotatable bonds is 6. The molecule has 4 aromatic rings. The van der Waals surface area contributed by atoms with Gasteiger partial charge in [-0.3, -0.25) is 4.79 Å². The van der Waals surface area contributed by atoms with Crippen LogP contribution in [-0.4, -0.2) is 28.3 Å². The van der Waals surface area contributed by atoms with Crippen molar-refractivity contribution >= 4 is 16.9 Å².